The van der Waals surface area contributed by atoms with Crippen molar-refractivity contribution in [2.24, 2.45) is 5.92 Å². The van der Waals surface area contributed by atoms with Crippen molar-refractivity contribution in [3.8, 4) is 11.4 Å². The number of rotatable bonds is 2. The summed E-state index contributed by atoms with van der Waals surface area (Å²) in [7, 11) is 0. The Balaban J connectivity index is 1.38. The zero-order valence-corrected chi connectivity index (χ0v) is 18.0. The average molecular weight is 456 g/mol. The third kappa shape index (κ3) is 1.77. The van der Waals surface area contributed by atoms with Gasteiger partial charge in [-0.25, -0.2) is 47.0 Å². The first kappa shape index (κ1) is 18.4. The summed E-state index contributed by atoms with van der Waals surface area (Å²) in [4.78, 5) is 54.1. The highest BCUT2D eigenvalue weighted by atomic mass is 16.2. The molecule has 0 amide bonds. The summed E-state index contributed by atoms with van der Waals surface area (Å²) in [6.07, 6.45) is 1.97. The lowest BCUT2D eigenvalue weighted by Crippen LogP contribution is -2.53. The van der Waals surface area contributed by atoms with Crippen molar-refractivity contribution in [3.05, 3.63) is 103 Å². The first-order valence-electron chi connectivity index (χ1n) is 11.6. The zero-order chi connectivity index (χ0) is 22.9. The molecule has 0 saturated heterocycles. The molecule has 2 aromatic heterocycles. The summed E-state index contributed by atoms with van der Waals surface area (Å²) in [5, 5.41) is 0. The van der Waals surface area contributed by atoms with Gasteiger partial charge in [0.15, 0.2) is 0 Å². The summed E-state index contributed by atoms with van der Waals surface area (Å²) >= 11 is 0. The Labute approximate surface area is 191 Å². The molecule has 2 saturated carbocycles. The molecule has 10 heteroatoms. The predicted octanol–water partition coefficient (Wildman–Crippen LogP) is 0.774. The fourth-order valence-corrected chi connectivity index (χ4v) is 7.54. The third-order valence-corrected chi connectivity index (χ3v) is 8.60. The van der Waals surface area contributed by atoms with E-state index in [0.29, 0.717) is 24.2 Å². The Kier molecular flexibility index (Phi) is 3.07. The Morgan fingerprint density at radius 3 is 1.85 bits per heavy atom. The highest BCUT2D eigenvalue weighted by Crippen LogP contribution is 2.68. The van der Waals surface area contributed by atoms with Crippen molar-refractivity contribution in [2.75, 3.05) is 0 Å². The second-order valence-corrected chi connectivity index (χ2v) is 9.83. The molecule has 4 aromatic rings. The van der Waals surface area contributed by atoms with Crippen molar-refractivity contribution >= 4 is 0 Å². The van der Waals surface area contributed by atoms with E-state index in [-0.39, 0.29) is 41.1 Å². The molecular formula is C24H20N6O4. The van der Waals surface area contributed by atoms with E-state index in [1.807, 2.05) is 12.1 Å². The van der Waals surface area contributed by atoms with Gasteiger partial charge in [-0.1, -0.05) is 36.4 Å². The molecule has 0 N–H and O–H groups in total. The average Bonchev–Trinajstić information content (AvgIpc) is 3.65. The van der Waals surface area contributed by atoms with Crippen LogP contribution < -0.4 is 22.8 Å². The fourth-order valence-electron chi connectivity index (χ4n) is 7.54. The molecule has 0 unspecified atom stereocenters. The third-order valence-electron chi connectivity index (χ3n) is 8.60. The number of nitrogens with zero attached hydrogens (tertiary/aromatic N) is 6. The summed E-state index contributed by atoms with van der Waals surface area (Å²) in [6.45, 7) is 0. The molecule has 4 heterocycles. The minimum Gasteiger partial charge on any atom is -0.245 e. The van der Waals surface area contributed by atoms with Gasteiger partial charge in [0.05, 0.1) is 35.0 Å². The lowest BCUT2D eigenvalue weighted by Gasteiger charge is -2.39. The van der Waals surface area contributed by atoms with Crippen LogP contribution in [0.3, 0.4) is 0 Å². The summed E-state index contributed by atoms with van der Waals surface area (Å²) in [5.41, 5.74) is -1.06. The maximum atomic E-state index is 13.7. The Hall–Kier alpha value is -4.08. The molecule has 170 valence electrons. The molecule has 8 rings (SSSR count). The van der Waals surface area contributed by atoms with E-state index < -0.39 is 11.2 Å². The maximum absolute atomic E-state index is 13.7. The largest absolute Gasteiger partial charge is 0.352 e. The predicted molar refractivity (Wildman–Crippen MR) is 121 cm³/mol. The van der Waals surface area contributed by atoms with E-state index in [0.717, 1.165) is 6.42 Å². The number of para-hydroxylation sites is 2. The van der Waals surface area contributed by atoms with Gasteiger partial charge >= 0.3 is 22.8 Å². The van der Waals surface area contributed by atoms with Crippen LogP contribution in [-0.2, 0) is 5.54 Å². The van der Waals surface area contributed by atoms with Crippen LogP contribution in [0.5, 0.6) is 0 Å². The number of aromatic nitrogens is 6. The minimum atomic E-state index is -0.676. The maximum Gasteiger partial charge on any atom is 0.352 e. The van der Waals surface area contributed by atoms with Gasteiger partial charge < -0.3 is 0 Å². The van der Waals surface area contributed by atoms with Crippen LogP contribution >= 0.6 is 0 Å². The van der Waals surface area contributed by atoms with Gasteiger partial charge in [0.2, 0.25) is 0 Å². The Morgan fingerprint density at radius 2 is 1.21 bits per heavy atom. The molecule has 2 fully saturated rings. The fraction of sp³-hybridized carbons (Fsp3) is 0.333. The van der Waals surface area contributed by atoms with Crippen molar-refractivity contribution in [1.82, 2.24) is 27.9 Å². The normalized spacial score (nSPS) is 29.4. The van der Waals surface area contributed by atoms with Gasteiger partial charge in [0.1, 0.15) is 0 Å². The molecule has 10 nitrogen and oxygen atoms in total. The first-order valence-corrected chi connectivity index (χ1v) is 11.6. The molecule has 2 aliphatic heterocycles. The van der Waals surface area contributed by atoms with Crippen LogP contribution in [0.25, 0.3) is 11.4 Å². The van der Waals surface area contributed by atoms with Gasteiger partial charge in [-0.05, 0) is 43.5 Å². The smallest absolute Gasteiger partial charge is 0.245 e. The van der Waals surface area contributed by atoms with Crippen LogP contribution in [0.1, 0.15) is 37.4 Å². The molecule has 4 aliphatic rings. The van der Waals surface area contributed by atoms with Crippen molar-refractivity contribution in [1.29, 1.82) is 0 Å². The quantitative estimate of drug-likeness (QED) is 0.445. The number of hydrogen-bond acceptors (Lipinski definition) is 4. The van der Waals surface area contributed by atoms with Gasteiger partial charge in [0.25, 0.3) is 0 Å². The topological polar surface area (TPSA) is 97.9 Å². The first-order chi connectivity index (χ1) is 16.5. The summed E-state index contributed by atoms with van der Waals surface area (Å²) in [5.74, 6) is 0.0231. The molecule has 2 aromatic carbocycles. The standard InChI is InChI=1S/C24H20N6O4/c31-20-26(15-9-5-2-6-10-15)23(34)30-24-13-16(27(20)30)11-17(24)18-12-19(24)29-22(33)25(21(32)28(18)29)14-7-3-1-4-8-14/h1-10,16-19H,11-13H2/t16-,17+,18+,19-,24-/m1/s1. The van der Waals surface area contributed by atoms with Crippen molar-refractivity contribution < 1.29 is 0 Å². The number of fused-ring (bicyclic) bond motifs is 9. The Bertz CT molecular complexity index is 1750. The van der Waals surface area contributed by atoms with Crippen LogP contribution in [0.4, 0.5) is 0 Å². The monoisotopic (exact) mass is 456 g/mol. The van der Waals surface area contributed by atoms with E-state index in [1.165, 1.54) is 9.13 Å². The molecule has 1 spiro atoms. The van der Waals surface area contributed by atoms with E-state index in [1.54, 1.807) is 67.3 Å². The van der Waals surface area contributed by atoms with Gasteiger partial charge in [-0.15, -0.1) is 0 Å². The SMILES string of the molecule is O=c1n(-c2ccccc2)c(=O)n2n1[C@H]1C[C@@H]2[C@@]23C[C@@H](C[C@@H]12)n1c(=O)n(-c2ccccc2)c(=O)n13. The molecule has 4 bridgehead atoms. The van der Waals surface area contributed by atoms with E-state index in [2.05, 4.69) is 0 Å². The van der Waals surface area contributed by atoms with Gasteiger partial charge in [-0.2, -0.15) is 0 Å². The van der Waals surface area contributed by atoms with Gasteiger partial charge in [0, 0.05) is 5.92 Å². The van der Waals surface area contributed by atoms with Crippen LogP contribution in [0.2, 0.25) is 0 Å². The molecule has 2 aliphatic carbocycles. The lowest BCUT2D eigenvalue weighted by atomic mass is 9.85. The van der Waals surface area contributed by atoms with E-state index in [9.17, 15) is 19.2 Å². The Morgan fingerprint density at radius 1 is 0.647 bits per heavy atom. The molecule has 5 atom stereocenters. The van der Waals surface area contributed by atoms with Crippen LogP contribution in [0.15, 0.2) is 79.8 Å². The second-order valence-electron chi connectivity index (χ2n) is 9.83. The van der Waals surface area contributed by atoms with Gasteiger partial charge in [-0.3, -0.25) is 0 Å². The highest BCUT2D eigenvalue weighted by Gasteiger charge is 2.72. The van der Waals surface area contributed by atoms with Crippen LogP contribution in [0, 0.1) is 5.92 Å². The van der Waals surface area contributed by atoms with Crippen molar-refractivity contribution in [2.45, 2.75) is 42.9 Å². The molecule has 34 heavy (non-hydrogen) atoms. The minimum absolute atomic E-state index is 0.0231. The van der Waals surface area contributed by atoms with E-state index in [4.69, 9.17) is 0 Å². The zero-order valence-electron chi connectivity index (χ0n) is 18.0. The van der Waals surface area contributed by atoms with E-state index >= 15 is 0 Å². The lowest BCUT2D eigenvalue weighted by molar-refractivity contribution is 0.0782. The number of benzene rings is 2. The molecule has 0 radical (unpaired) electrons. The summed E-state index contributed by atoms with van der Waals surface area (Å²) < 4.78 is 8.85. The van der Waals surface area contributed by atoms with Crippen molar-refractivity contribution in [3.63, 3.8) is 0 Å². The second kappa shape index (κ2) is 5.69. The van der Waals surface area contributed by atoms with Crippen LogP contribution in [-0.4, -0.2) is 27.9 Å². The molecular weight excluding hydrogens is 436 g/mol. The summed E-state index contributed by atoms with van der Waals surface area (Å²) in [6, 6.07) is 17.2. The highest BCUT2D eigenvalue weighted by molar-refractivity contribution is 5.33. The number of hydrogen-bond donors (Lipinski definition) is 0.